The first-order chi connectivity index (χ1) is 7.20. The summed E-state index contributed by atoms with van der Waals surface area (Å²) < 4.78 is 10.5. The molecule has 1 aromatic heterocycles. The van der Waals surface area contributed by atoms with Crippen LogP contribution in [0.3, 0.4) is 0 Å². The van der Waals surface area contributed by atoms with Gasteiger partial charge in [-0.25, -0.2) is 9.78 Å². The van der Waals surface area contributed by atoms with Gasteiger partial charge in [-0.1, -0.05) is 0 Å². The molecular formula is C11H18N2O3. The SMILES string of the molecule is Cc1nc(C(C)N)oc1C(=O)OC(C)(C)C. The summed E-state index contributed by atoms with van der Waals surface area (Å²) in [5.74, 6) is -0.0371. The molecule has 0 saturated heterocycles. The van der Waals surface area contributed by atoms with Crippen LogP contribution in [0, 0.1) is 6.92 Å². The molecule has 16 heavy (non-hydrogen) atoms. The van der Waals surface area contributed by atoms with Crippen molar-refractivity contribution in [2.75, 3.05) is 0 Å². The van der Waals surface area contributed by atoms with Crippen molar-refractivity contribution in [1.82, 2.24) is 4.98 Å². The van der Waals surface area contributed by atoms with Crippen molar-refractivity contribution in [1.29, 1.82) is 0 Å². The fourth-order valence-corrected chi connectivity index (χ4v) is 1.13. The molecule has 0 aromatic carbocycles. The highest BCUT2D eigenvalue weighted by atomic mass is 16.6. The molecule has 2 N–H and O–H groups in total. The van der Waals surface area contributed by atoms with Crippen molar-refractivity contribution in [3.63, 3.8) is 0 Å². The highest BCUT2D eigenvalue weighted by Crippen LogP contribution is 2.18. The Bertz CT molecular complexity index is 388. The molecular weight excluding hydrogens is 208 g/mol. The molecule has 0 radical (unpaired) electrons. The summed E-state index contributed by atoms with van der Waals surface area (Å²) in [7, 11) is 0. The van der Waals surface area contributed by atoms with Gasteiger partial charge in [0.25, 0.3) is 0 Å². The summed E-state index contributed by atoms with van der Waals surface area (Å²) in [6.07, 6.45) is 0. The lowest BCUT2D eigenvalue weighted by atomic mass is 10.2. The van der Waals surface area contributed by atoms with Gasteiger partial charge in [-0.3, -0.25) is 0 Å². The third kappa shape index (κ3) is 3.06. The van der Waals surface area contributed by atoms with E-state index in [9.17, 15) is 4.79 Å². The van der Waals surface area contributed by atoms with Crippen LogP contribution in [0.2, 0.25) is 0 Å². The Kier molecular flexibility index (Phi) is 3.38. The lowest BCUT2D eigenvalue weighted by molar-refractivity contribution is 0.00330. The molecule has 1 atom stereocenters. The van der Waals surface area contributed by atoms with Crippen molar-refractivity contribution in [2.24, 2.45) is 5.73 Å². The average molecular weight is 226 g/mol. The third-order valence-electron chi connectivity index (χ3n) is 1.79. The van der Waals surface area contributed by atoms with Crippen LogP contribution >= 0.6 is 0 Å². The zero-order valence-corrected chi connectivity index (χ0v) is 10.3. The van der Waals surface area contributed by atoms with Gasteiger partial charge in [-0.15, -0.1) is 0 Å². The predicted octanol–water partition coefficient (Wildman–Crippen LogP) is 1.96. The number of carbonyl (C=O) groups excluding carboxylic acids is 1. The van der Waals surface area contributed by atoms with Crippen LogP contribution in [-0.4, -0.2) is 16.6 Å². The van der Waals surface area contributed by atoms with Gasteiger partial charge in [-0.2, -0.15) is 0 Å². The maximum absolute atomic E-state index is 11.7. The van der Waals surface area contributed by atoms with Crippen LogP contribution in [0.5, 0.6) is 0 Å². The van der Waals surface area contributed by atoms with Crippen molar-refractivity contribution < 1.29 is 13.9 Å². The first-order valence-electron chi connectivity index (χ1n) is 5.17. The van der Waals surface area contributed by atoms with Crippen LogP contribution < -0.4 is 5.73 Å². The maximum Gasteiger partial charge on any atom is 0.376 e. The molecule has 5 nitrogen and oxygen atoms in total. The van der Waals surface area contributed by atoms with E-state index >= 15 is 0 Å². The summed E-state index contributed by atoms with van der Waals surface area (Å²) in [6, 6.07) is -0.338. The van der Waals surface area contributed by atoms with E-state index in [4.69, 9.17) is 14.9 Å². The Balaban J connectivity index is 2.92. The van der Waals surface area contributed by atoms with Crippen molar-refractivity contribution in [3.05, 3.63) is 17.3 Å². The number of aryl methyl sites for hydroxylation is 1. The van der Waals surface area contributed by atoms with E-state index in [2.05, 4.69) is 4.98 Å². The summed E-state index contributed by atoms with van der Waals surface area (Å²) in [5.41, 5.74) is 5.57. The number of aromatic nitrogens is 1. The van der Waals surface area contributed by atoms with Crippen LogP contribution in [-0.2, 0) is 4.74 Å². The Hall–Kier alpha value is -1.36. The van der Waals surface area contributed by atoms with Crippen LogP contribution in [0.1, 0.15) is 55.9 Å². The van der Waals surface area contributed by atoms with E-state index in [-0.39, 0.29) is 11.8 Å². The fraction of sp³-hybridized carbons (Fsp3) is 0.636. The molecule has 0 aliphatic rings. The topological polar surface area (TPSA) is 78.4 Å². The Morgan fingerprint density at radius 2 is 2.06 bits per heavy atom. The lowest BCUT2D eigenvalue weighted by Crippen LogP contribution is -2.24. The first kappa shape index (κ1) is 12.7. The number of nitrogens with zero attached hydrogens (tertiary/aromatic N) is 1. The van der Waals surface area contributed by atoms with Gasteiger partial charge in [0.1, 0.15) is 5.60 Å². The van der Waals surface area contributed by atoms with E-state index in [0.29, 0.717) is 11.6 Å². The third-order valence-corrected chi connectivity index (χ3v) is 1.79. The molecule has 1 heterocycles. The monoisotopic (exact) mass is 226 g/mol. The molecule has 0 aliphatic heterocycles. The summed E-state index contributed by atoms with van der Waals surface area (Å²) in [5, 5.41) is 0. The van der Waals surface area contributed by atoms with Gasteiger partial charge in [0, 0.05) is 0 Å². The quantitative estimate of drug-likeness (QED) is 0.780. The smallest absolute Gasteiger partial charge is 0.376 e. The van der Waals surface area contributed by atoms with Gasteiger partial charge < -0.3 is 14.9 Å². The second-order valence-electron chi connectivity index (χ2n) is 4.76. The van der Waals surface area contributed by atoms with Crippen molar-refractivity contribution in [2.45, 2.75) is 46.3 Å². The Labute approximate surface area is 95.0 Å². The van der Waals surface area contributed by atoms with Crippen molar-refractivity contribution >= 4 is 5.97 Å². The molecule has 1 unspecified atom stereocenters. The van der Waals surface area contributed by atoms with Gasteiger partial charge in [0.05, 0.1) is 11.7 Å². The molecule has 1 aromatic rings. The molecule has 0 spiro atoms. The summed E-state index contributed by atoms with van der Waals surface area (Å²) in [4.78, 5) is 15.8. The number of esters is 1. The largest absolute Gasteiger partial charge is 0.454 e. The zero-order valence-electron chi connectivity index (χ0n) is 10.3. The number of ether oxygens (including phenoxy) is 1. The van der Waals surface area contributed by atoms with Crippen LogP contribution in [0.4, 0.5) is 0 Å². The highest BCUT2D eigenvalue weighted by Gasteiger charge is 2.24. The second-order valence-corrected chi connectivity index (χ2v) is 4.76. The minimum atomic E-state index is -0.551. The predicted molar refractivity (Wildman–Crippen MR) is 59.0 cm³/mol. The molecule has 0 fully saturated rings. The van der Waals surface area contributed by atoms with E-state index in [0.717, 1.165) is 0 Å². The molecule has 0 aliphatic carbocycles. The van der Waals surface area contributed by atoms with E-state index in [1.165, 1.54) is 0 Å². The fourth-order valence-electron chi connectivity index (χ4n) is 1.13. The molecule has 90 valence electrons. The molecule has 0 amide bonds. The van der Waals surface area contributed by atoms with Gasteiger partial charge in [0.15, 0.2) is 0 Å². The standard InChI is InChI=1S/C11H18N2O3/c1-6(12)9-13-7(2)8(15-9)10(14)16-11(3,4)5/h6H,12H2,1-5H3. The number of nitrogens with two attached hydrogens (primary N) is 1. The minimum Gasteiger partial charge on any atom is -0.454 e. The number of rotatable bonds is 2. The van der Waals surface area contributed by atoms with Gasteiger partial charge in [0.2, 0.25) is 11.7 Å². The summed E-state index contributed by atoms with van der Waals surface area (Å²) >= 11 is 0. The van der Waals surface area contributed by atoms with Crippen molar-refractivity contribution in [3.8, 4) is 0 Å². The minimum absolute atomic E-state index is 0.127. The summed E-state index contributed by atoms with van der Waals surface area (Å²) in [6.45, 7) is 8.81. The average Bonchev–Trinajstić information content (AvgIpc) is 2.44. The lowest BCUT2D eigenvalue weighted by Gasteiger charge is -2.18. The molecule has 0 bridgehead atoms. The molecule has 0 saturated carbocycles. The zero-order chi connectivity index (χ0) is 12.5. The Morgan fingerprint density at radius 3 is 2.44 bits per heavy atom. The first-order valence-corrected chi connectivity index (χ1v) is 5.17. The van der Waals surface area contributed by atoms with Gasteiger partial charge in [-0.05, 0) is 34.6 Å². The number of hydrogen-bond donors (Lipinski definition) is 1. The van der Waals surface area contributed by atoms with E-state index in [1.807, 2.05) is 0 Å². The highest BCUT2D eigenvalue weighted by molar-refractivity contribution is 5.87. The second kappa shape index (κ2) is 4.25. The van der Waals surface area contributed by atoms with Gasteiger partial charge >= 0.3 is 5.97 Å². The van der Waals surface area contributed by atoms with Crippen LogP contribution in [0.15, 0.2) is 4.42 Å². The van der Waals surface area contributed by atoms with E-state index in [1.54, 1.807) is 34.6 Å². The van der Waals surface area contributed by atoms with E-state index < -0.39 is 11.6 Å². The molecule has 5 heteroatoms. The van der Waals surface area contributed by atoms with Crippen LogP contribution in [0.25, 0.3) is 0 Å². The Morgan fingerprint density at radius 1 is 1.50 bits per heavy atom. The number of hydrogen-bond acceptors (Lipinski definition) is 5. The number of carbonyl (C=O) groups is 1. The normalized spacial score (nSPS) is 13.6. The number of oxazole rings is 1. The molecule has 1 rings (SSSR count). The maximum atomic E-state index is 11.7.